The van der Waals surface area contributed by atoms with E-state index in [1.54, 1.807) is 11.3 Å². The topological polar surface area (TPSA) is 56.8 Å². The zero-order chi connectivity index (χ0) is 18.6. The van der Waals surface area contributed by atoms with E-state index in [1.807, 2.05) is 32.9 Å². The molecule has 4 rings (SSSR count). The number of hydrogen-bond acceptors (Lipinski definition) is 4. The lowest BCUT2D eigenvalue weighted by Gasteiger charge is -2.38. The van der Waals surface area contributed by atoms with Crippen LogP contribution in [0.1, 0.15) is 30.7 Å². The molecule has 6 nitrogen and oxygen atoms in total. The molecule has 0 atom stereocenters. The molecule has 2 aromatic rings. The first-order chi connectivity index (χ1) is 13.2. The first kappa shape index (κ1) is 18.2. The van der Waals surface area contributed by atoms with E-state index in [-0.39, 0.29) is 11.9 Å². The molecular weight excluding hydrogens is 360 g/mol. The number of aromatic nitrogens is 1. The minimum atomic E-state index is 0.149. The SMILES string of the molecule is O=C(CCc1nc2ccccc2s1)N1CCN(C(=O)N2CCCCC2)CC1. The summed E-state index contributed by atoms with van der Waals surface area (Å²) in [6.45, 7) is 4.31. The summed E-state index contributed by atoms with van der Waals surface area (Å²) in [5.74, 6) is 0.166. The quantitative estimate of drug-likeness (QED) is 0.815. The first-order valence-corrected chi connectivity index (χ1v) is 10.7. The predicted octanol–water partition coefficient (Wildman–Crippen LogP) is 2.98. The molecule has 0 N–H and O–H groups in total. The Balaban J connectivity index is 1.25. The van der Waals surface area contributed by atoms with Crippen LogP contribution in [0.15, 0.2) is 24.3 Å². The van der Waals surface area contributed by atoms with Crippen molar-refractivity contribution in [2.24, 2.45) is 0 Å². The van der Waals surface area contributed by atoms with Gasteiger partial charge in [0.25, 0.3) is 0 Å². The monoisotopic (exact) mass is 386 g/mol. The summed E-state index contributed by atoms with van der Waals surface area (Å²) >= 11 is 1.67. The van der Waals surface area contributed by atoms with E-state index < -0.39 is 0 Å². The maximum atomic E-state index is 12.6. The average molecular weight is 387 g/mol. The first-order valence-electron chi connectivity index (χ1n) is 9.87. The van der Waals surface area contributed by atoms with Gasteiger partial charge in [-0.25, -0.2) is 9.78 Å². The number of carbonyl (C=O) groups is 2. The molecule has 2 aliphatic heterocycles. The van der Waals surface area contributed by atoms with Crippen molar-refractivity contribution in [1.29, 1.82) is 0 Å². The van der Waals surface area contributed by atoms with E-state index in [0.29, 0.717) is 39.0 Å². The summed E-state index contributed by atoms with van der Waals surface area (Å²) in [7, 11) is 0. The molecule has 2 saturated heterocycles. The van der Waals surface area contributed by atoms with Gasteiger partial charge in [0.1, 0.15) is 0 Å². The normalized spacial score (nSPS) is 18.1. The van der Waals surface area contributed by atoms with Gasteiger partial charge in [-0.3, -0.25) is 4.79 Å². The number of benzene rings is 1. The molecular formula is C20H26N4O2S. The van der Waals surface area contributed by atoms with Crippen LogP contribution in [-0.2, 0) is 11.2 Å². The Morgan fingerprint density at radius 2 is 1.56 bits per heavy atom. The van der Waals surface area contributed by atoms with Crippen molar-refractivity contribution in [1.82, 2.24) is 19.7 Å². The number of rotatable bonds is 3. The molecule has 27 heavy (non-hydrogen) atoms. The fraction of sp³-hybridized carbons (Fsp3) is 0.550. The van der Waals surface area contributed by atoms with Gasteiger partial charge in [0.2, 0.25) is 5.91 Å². The molecule has 0 saturated carbocycles. The van der Waals surface area contributed by atoms with Crippen LogP contribution < -0.4 is 0 Å². The number of nitrogens with zero attached hydrogens (tertiary/aromatic N) is 4. The summed E-state index contributed by atoms with van der Waals surface area (Å²) in [6.07, 6.45) is 4.61. The van der Waals surface area contributed by atoms with Gasteiger partial charge in [-0.05, 0) is 31.4 Å². The molecule has 2 aliphatic rings. The van der Waals surface area contributed by atoms with Crippen LogP contribution in [0.4, 0.5) is 4.79 Å². The van der Waals surface area contributed by atoms with Crippen molar-refractivity contribution >= 4 is 33.5 Å². The van der Waals surface area contributed by atoms with Crippen LogP contribution in [0, 0.1) is 0 Å². The predicted molar refractivity (Wildman–Crippen MR) is 107 cm³/mol. The van der Waals surface area contributed by atoms with Crippen molar-refractivity contribution in [2.45, 2.75) is 32.1 Å². The third-order valence-electron chi connectivity index (χ3n) is 5.42. The lowest BCUT2D eigenvalue weighted by molar-refractivity contribution is -0.132. The second-order valence-electron chi connectivity index (χ2n) is 7.27. The second kappa shape index (κ2) is 8.25. The van der Waals surface area contributed by atoms with Gasteiger partial charge < -0.3 is 14.7 Å². The van der Waals surface area contributed by atoms with Crippen LogP contribution in [0.2, 0.25) is 0 Å². The Kier molecular flexibility index (Phi) is 5.57. The smallest absolute Gasteiger partial charge is 0.320 e. The molecule has 144 valence electrons. The van der Waals surface area contributed by atoms with Gasteiger partial charge in [0.15, 0.2) is 0 Å². The van der Waals surface area contributed by atoms with Crippen molar-refractivity contribution in [2.75, 3.05) is 39.3 Å². The fourth-order valence-corrected chi connectivity index (χ4v) is 4.80. The number of urea groups is 1. The summed E-state index contributed by atoms with van der Waals surface area (Å²) in [5, 5.41) is 1.02. The molecule has 3 heterocycles. The van der Waals surface area contributed by atoms with Crippen LogP contribution in [0.25, 0.3) is 10.2 Å². The highest BCUT2D eigenvalue weighted by atomic mass is 32.1. The summed E-state index contributed by atoms with van der Waals surface area (Å²) in [4.78, 5) is 35.5. The van der Waals surface area contributed by atoms with Gasteiger partial charge in [-0.1, -0.05) is 12.1 Å². The van der Waals surface area contributed by atoms with Crippen LogP contribution in [0.5, 0.6) is 0 Å². The van der Waals surface area contributed by atoms with Crippen molar-refractivity contribution in [3.8, 4) is 0 Å². The summed E-state index contributed by atoms with van der Waals surface area (Å²) in [6, 6.07) is 8.23. The third-order valence-corrected chi connectivity index (χ3v) is 6.52. The number of hydrogen-bond donors (Lipinski definition) is 0. The Labute approximate surface area is 163 Å². The van der Waals surface area contributed by atoms with Gasteiger partial charge in [-0.2, -0.15) is 0 Å². The highest BCUT2D eigenvalue weighted by Crippen LogP contribution is 2.22. The Morgan fingerprint density at radius 1 is 0.889 bits per heavy atom. The molecule has 7 heteroatoms. The standard InChI is InChI=1S/C20H26N4O2S/c25-19(9-8-18-21-16-6-2-3-7-17(16)27-18)22-12-14-24(15-13-22)20(26)23-10-4-1-5-11-23/h2-3,6-7H,1,4-5,8-15H2. The second-order valence-corrected chi connectivity index (χ2v) is 8.39. The third kappa shape index (κ3) is 4.24. The highest BCUT2D eigenvalue weighted by Gasteiger charge is 2.27. The van der Waals surface area contributed by atoms with Crippen molar-refractivity contribution in [3.63, 3.8) is 0 Å². The molecule has 3 amide bonds. The number of fused-ring (bicyclic) bond motifs is 1. The molecule has 1 aromatic carbocycles. The van der Waals surface area contributed by atoms with Gasteiger partial charge in [0.05, 0.1) is 15.2 Å². The van der Waals surface area contributed by atoms with E-state index in [9.17, 15) is 9.59 Å². The van der Waals surface area contributed by atoms with Crippen molar-refractivity contribution in [3.05, 3.63) is 29.3 Å². The number of para-hydroxylation sites is 1. The minimum absolute atomic E-state index is 0.149. The lowest BCUT2D eigenvalue weighted by Crippen LogP contribution is -2.54. The van der Waals surface area contributed by atoms with E-state index >= 15 is 0 Å². The zero-order valence-corrected chi connectivity index (χ0v) is 16.4. The Morgan fingerprint density at radius 3 is 2.30 bits per heavy atom. The number of amides is 3. The number of piperidine rings is 1. The lowest BCUT2D eigenvalue weighted by atomic mass is 10.1. The number of carbonyl (C=O) groups excluding carboxylic acids is 2. The Hall–Kier alpha value is -2.15. The minimum Gasteiger partial charge on any atom is -0.339 e. The van der Waals surface area contributed by atoms with Gasteiger partial charge >= 0.3 is 6.03 Å². The molecule has 0 unspecified atom stereocenters. The van der Waals surface area contributed by atoms with Gasteiger partial charge in [0, 0.05) is 52.1 Å². The van der Waals surface area contributed by atoms with E-state index in [0.717, 1.165) is 36.5 Å². The average Bonchev–Trinajstić information content (AvgIpc) is 3.15. The summed E-state index contributed by atoms with van der Waals surface area (Å²) in [5.41, 5.74) is 1.01. The van der Waals surface area contributed by atoms with Crippen LogP contribution in [-0.4, -0.2) is 70.9 Å². The Bertz CT molecular complexity index is 774. The van der Waals surface area contributed by atoms with E-state index in [1.165, 1.54) is 11.1 Å². The molecule has 0 spiro atoms. The van der Waals surface area contributed by atoms with E-state index in [2.05, 4.69) is 11.1 Å². The number of thiazole rings is 1. The number of likely N-dealkylation sites (tertiary alicyclic amines) is 1. The van der Waals surface area contributed by atoms with E-state index in [4.69, 9.17) is 0 Å². The fourth-order valence-electron chi connectivity index (χ4n) is 3.83. The number of aryl methyl sites for hydroxylation is 1. The van der Waals surface area contributed by atoms with Crippen molar-refractivity contribution < 1.29 is 9.59 Å². The maximum Gasteiger partial charge on any atom is 0.320 e. The maximum absolute atomic E-state index is 12.6. The van der Waals surface area contributed by atoms with Crippen LogP contribution in [0.3, 0.4) is 0 Å². The molecule has 0 bridgehead atoms. The largest absolute Gasteiger partial charge is 0.339 e. The summed E-state index contributed by atoms with van der Waals surface area (Å²) < 4.78 is 1.17. The number of piperazine rings is 1. The molecule has 1 aromatic heterocycles. The molecule has 0 aliphatic carbocycles. The zero-order valence-electron chi connectivity index (χ0n) is 15.6. The molecule has 2 fully saturated rings. The van der Waals surface area contributed by atoms with Crippen LogP contribution >= 0.6 is 11.3 Å². The molecule has 0 radical (unpaired) electrons. The highest BCUT2D eigenvalue weighted by molar-refractivity contribution is 7.18. The van der Waals surface area contributed by atoms with Gasteiger partial charge in [-0.15, -0.1) is 11.3 Å².